The summed E-state index contributed by atoms with van der Waals surface area (Å²) in [5.41, 5.74) is 0.408. The largest absolute Gasteiger partial charge is 0.495 e. The van der Waals surface area contributed by atoms with Crippen LogP contribution in [0.25, 0.3) is 0 Å². The topological polar surface area (TPSA) is 26.3 Å². The summed E-state index contributed by atoms with van der Waals surface area (Å²) in [6.07, 6.45) is 0. The fraction of sp³-hybridized carbons (Fsp3) is 0.125. The maximum absolute atomic E-state index is 10.9. The molecule has 1 aromatic rings. The molecule has 0 aliphatic rings. The maximum Gasteiger partial charge on any atom is 0.256 e. The van der Waals surface area contributed by atoms with E-state index in [4.69, 9.17) is 16.3 Å². The van der Waals surface area contributed by atoms with Gasteiger partial charge >= 0.3 is 0 Å². The predicted molar refractivity (Wildman–Crippen MR) is 55.9 cm³/mol. The summed E-state index contributed by atoms with van der Waals surface area (Å²) in [5, 5.41) is -0.495. The van der Waals surface area contributed by atoms with Crippen molar-refractivity contribution in [3.8, 4) is 5.75 Å². The first kappa shape index (κ1) is 9.80. The van der Waals surface area contributed by atoms with E-state index >= 15 is 0 Å². The third-order valence-electron chi connectivity index (χ3n) is 1.38. The number of halogens is 2. The van der Waals surface area contributed by atoms with Crippen LogP contribution in [-0.4, -0.2) is 12.4 Å². The maximum atomic E-state index is 10.9. The van der Waals surface area contributed by atoms with E-state index in [0.717, 1.165) is 3.57 Å². The van der Waals surface area contributed by atoms with Crippen molar-refractivity contribution in [1.29, 1.82) is 0 Å². The Morgan fingerprint density at radius 1 is 1.58 bits per heavy atom. The Labute approximate surface area is 89.0 Å². The molecular weight excluding hydrogens is 290 g/mol. The molecule has 0 amide bonds. The first-order valence-electron chi connectivity index (χ1n) is 3.19. The van der Waals surface area contributed by atoms with E-state index < -0.39 is 5.24 Å². The summed E-state index contributed by atoms with van der Waals surface area (Å²) in [6.45, 7) is 0. The number of hydrogen-bond acceptors (Lipinski definition) is 2. The molecule has 0 unspecified atom stereocenters. The van der Waals surface area contributed by atoms with Crippen LogP contribution in [-0.2, 0) is 0 Å². The van der Waals surface area contributed by atoms with E-state index in [9.17, 15) is 4.79 Å². The van der Waals surface area contributed by atoms with Gasteiger partial charge in [0.25, 0.3) is 5.24 Å². The first-order valence-corrected chi connectivity index (χ1v) is 4.65. The molecule has 0 heterocycles. The van der Waals surface area contributed by atoms with Crippen molar-refractivity contribution < 1.29 is 9.53 Å². The molecule has 0 saturated carbocycles. The van der Waals surface area contributed by atoms with Crippen LogP contribution >= 0.6 is 34.2 Å². The highest BCUT2D eigenvalue weighted by atomic mass is 127. The van der Waals surface area contributed by atoms with E-state index in [1.807, 2.05) is 6.07 Å². The predicted octanol–water partition coefficient (Wildman–Crippen LogP) is 2.68. The Hall–Kier alpha value is -0.290. The minimum Gasteiger partial charge on any atom is -0.495 e. The Morgan fingerprint density at radius 2 is 2.25 bits per heavy atom. The molecular formula is C8H6ClIO2. The van der Waals surface area contributed by atoms with Gasteiger partial charge in [0.05, 0.1) is 16.2 Å². The fourth-order valence-corrected chi connectivity index (χ4v) is 1.74. The second-order valence-electron chi connectivity index (χ2n) is 2.09. The van der Waals surface area contributed by atoms with Crippen molar-refractivity contribution in [2.24, 2.45) is 0 Å². The molecule has 64 valence electrons. The molecule has 0 aromatic heterocycles. The monoisotopic (exact) mass is 296 g/mol. The van der Waals surface area contributed by atoms with Crippen LogP contribution in [0.4, 0.5) is 0 Å². The lowest BCUT2D eigenvalue weighted by Gasteiger charge is -2.05. The summed E-state index contributed by atoms with van der Waals surface area (Å²) in [5.74, 6) is 0.540. The molecule has 0 spiro atoms. The van der Waals surface area contributed by atoms with E-state index in [1.54, 1.807) is 12.1 Å². The zero-order chi connectivity index (χ0) is 9.14. The fourth-order valence-electron chi connectivity index (χ4n) is 0.871. The van der Waals surface area contributed by atoms with E-state index in [-0.39, 0.29) is 0 Å². The molecule has 0 saturated heterocycles. The number of ether oxygens (including phenoxy) is 1. The number of carbonyl (C=O) groups excluding carboxylic acids is 1. The quantitative estimate of drug-likeness (QED) is 0.619. The van der Waals surface area contributed by atoms with E-state index in [1.165, 1.54) is 7.11 Å². The molecule has 0 radical (unpaired) electrons. The highest BCUT2D eigenvalue weighted by Crippen LogP contribution is 2.26. The molecule has 2 nitrogen and oxygen atoms in total. The molecule has 12 heavy (non-hydrogen) atoms. The van der Waals surface area contributed by atoms with Crippen LogP contribution in [0.15, 0.2) is 18.2 Å². The minimum absolute atomic E-state index is 0.408. The van der Waals surface area contributed by atoms with Crippen LogP contribution in [0.5, 0.6) is 5.75 Å². The molecule has 0 fully saturated rings. The molecule has 4 heteroatoms. The highest BCUT2D eigenvalue weighted by molar-refractivity contribution is 14.1. The Kier molecular flexibility index (Phi) is 3.34. The van der Waals surface area contributed by atoms with Gasteiger partial charge in [-0.25, -0.2) is 0 Å². The van der Waals surface area contributed by atoms with E-state index in [2.05, 4.69) is 22.6 Å². The molecule has 0 aliphatic carbocycles. The zero-order valence-electron chi connectivity index (χ0n) is 6.30. The summed E-state index contributed by atoms with van der Waals surface area (Å²) in [7, 11) is 1.51. The molecule has 0 atom stereocenters. The van der Waals surface area contributed by atoms with Gasteiger partial charge in [0, 0.05) is 0 Å². The second kappa shape index (κ2) is 4.09. The first-order chi connectivity index (χ1) is 5.66. The van der Waals surface area contributed by atoms with Crippen LogP contribution < -0.4 is 4.74 Å². The van der Waals surface area contributed by atoms with Gasteiger partial charge in [-0.3, -0.25) is 4.79 Å². The number of carbonyl (C=O) groups is 1. The number of methoxy groups -OCH3 is 1. The van der Waals surface area contributed by atoms with Crippen molar-refractivity contribution in [3.63, 3.8) is 0 Å². The molecule has 0 N–H and O–H groups in total. The van der Waals surface area contributed by atoms with Crippen molar-refractivity contribution in [2.45, 2.75) is 0 Å². The van der Waals surface area contributed by atoms with Crippen LogP contribution in [0.3, 0.4) is 0 Å². The molecule has 0 bridgehead atoms. The molecule has 0 aliphatic heterocycles. The highest BCUT2D eigenvalue weighted by Gasteiger charge is 2.11. The second-order valence-corrected chi connectivity index (χ2v) is 3.60. The number of hydrogen-bond donors (Lipinski definition) is 0. The van der Waals surface area contributed by atoms with Crippen molar-refractivity contribution in [3.05, 3.63) is 27.3 Å². The van der Waals surface area contributed by atoms with Crippen LogP contribution in [0, 0.1) is 3.57 Å². The summed E-state index contributed by atoms with van der Waals surface area (Å²) in [6, 6.07) is 5.25. The third kappa shape index (κ3) is 1.90. The van der Waals surface area contributed by atoms with E-state index in [0.29, 0.717) is 11.3 Å². The zero-order valence-corrected chi connectivity index (χ0v) is 9.22. The third-order valence-corrected chi connectivity index (χ3v) is 2.44. The summed E-state index contributed by atoms with van der Waals surface area (Å²) in [4.78, 5) is 10.9. The lowest BCUT2D eigenvalue weighted by Crippen LogP contribution is -1.96. The number of benzene rings is 1. The van der Waals surface area contributed by atoms with Gasteiger partial charge < -0.3 is 4.74 Å². The Balaban J connectivity index is 3.27. The Bertz CT molecular complexity index is 312. The van der Waals surface area contributed by atoms with Crippen molar-refractivity contribution in [1.82, 2.24) is 0 Å². The summed E-state index contributed by atoms with van der Waals surface area (Å²) >= 11 is 7.42. The number of para-hydroxylation sites is 1. The molecule has 1 aromatic carbocycles. The smallest absolute Gasteiger partial charge is 0.256 e. The normalized spacial score (nSPS) is 9.58. The molecule has 1 rings (SSSR count). The minimum atomic E-state index is -0.495. The lowest BCUT2D eigenvalue weighted by molar-refractivity contribution is 0.107. The lowest BCUT2D eigenvalue weighted by atomic mass is 10.2. The van der Waals surface area contributed by atoms with Gasteiger partial charge in [-0.15, -0.1) is 0 Å². The SMILES string of the molecule is COc1c(I)cccc1C(=O)Cl. The number of rotatable bonds is 2. The van der Waals surface area contributed by atoms with Gasteiger partial charge in [-0.1, -0.05) is 6.07 Å². The van der Waals surface area contributed by atoms with Gasteiger partial charge in [0.15, 0.2) is 0 Å². The van der Waals surface area contributed by atoms with Crippen molar-refractivity contribution >= 4 is 39.4 Å². The van der Waals surface area contributed by atoms with Crippen LogP contribution in [0.1, 0.15) is 10.4 Å². The van der Waals surface area contributed by atoms with Crippen molar-refractivity contribution in [2.75, 3.05) is 7.11 Å². The van der Waals surface area contributed by atoms with Gasteiger partial charge in [0.2, 0.25) is 0 Å². The van der Waals surface area contributed by atoms with Crippen LogP contribution in [0.2, 0.25) is 0 Å². The standard InChI is InChI=1S/C8H6ClIO2/c1-12-7-5(8(9)11)3-2-4-6(7)10/h2-4H,1H3. The van der Waals surface area contributed by atoms with Gasteiger partial charge in [0.1, 0.15) is 5.75 Å². The van der Waals surface area contributed by atoms with Gasteiger partial charge in [-0.2, -0.15) is 0 Å². The Morgan fingerprint density at radius 3 is 2.67 bits per heavy atom. The van der Waals surface area contributed by atoms with Gasteiger partial charge in [-0.05, 0) is 46.3 Å². The average Bonchev–Trinajstić information content (AvgIpc) is 2.03. The summed E-state index contributed by atoms with van der Waals surface area (Å²) < 4.78 is 5.90. The average molecular weight is 296 g/mol.